The largest absolute Gasteiger partial charge is 0.436 e. The van der Waals surface area contributed by atoms with Gasteiger partial charge in [-0.1, -0.05) is 36.4 Å². The number of ether oxygens (including phenoxy) is 1. The van der Waals surface area contributed by atoms with Gasteiger partial charge in [-0.3, -0.25) is 0 Å². The Morgan fingerprint density at radius 2 is 1.64 bits per heavy atom. The fourth-order valence-electron chi connectivity index (χ4n) is 2.50. The van der Waals surface area contributed by atoms with E-state index in [-0.39, 0.29) is 11.3 Å². The Morgan fingerprint density at radius 1 is 0.920 bits per heavy atom. The number of esters is 1. The minimum absolute atomic E-state index is 0.130. The molecule has 0 aliphatic carbocycles. The fraction of sp³-hybridized carbons (Fsp3) is 0. The molecule has 1 aromatic heterocycles. The van der Waals surface area contributed by atoms with Gasteiger partial charge in [0, 0.05) is 0 Å². The number of carbonyl (C=O) groups excluding carboxylic acids is 1. The van der Waals surface area contributed by atoms with E-state index in [9.17, 15) is 9.18 Å². The van der Waals surface area contributed by atoms with Crippen molar-refractivity contribution in [2.45, 2.75) is 0 Å². The lowest BCUT2D eigenvalue weighted by molar-refractivity contribution is 0.0730. The van der Waals surface area contributed by atoms with E-state index < -0.39 is 11.8 Å². The summed E-state index contributed by atoms with van der Waals surface area (Å²) in [7, 11) is 0. The molecule has 0 spiro atoms. The Labute approximate surface area is 142 Å². The molecule has 0 fully saturated rings. The number of hydrogen-bond acceptors (Lipinski definition) is 4. The molecule has 122 valence electrons. The molecule has 1 heterocycles. The standard InChI is InChI=1S/C20H12FNO3/c21-15-9-3-1-7-13(15)20(23)25-17-11-5-2-8-14(17)19-22-16-10-4-6-12-18(16)24-19/h1-12H. The van der Waals surface area contributed by atoms with Gasteiger partial charge in [-0.2, -0.15) is 0 Å². The van der Waals surface area contributed by atoms with Crippen molar-refractivity contribution < 1.29 is 18.3 Å². The lowest BCUT2D eigenvalue weighted by Gasteiger charge is -2.08. The third-order valence-corrected chi connectivity index (χ3v) is 3.71. The number of oxazole rings is 1. The van der Waals surface area contributed by atoms with E-state index in [1.54, 1.807) is 36.4 Å². The van der Waals surface area contributed by atoms with Gasteiger partial charge in [0.15, 0.2) is 5.58 Å². The zero-order chi connectivity index (χ0) is 17.2. The first-order chi connectivity index (χ1) is 12.2. The molecular weight excluding hydrogens is 321 g/mol. The third-order valence-electron chi connectivity index (χ3n) is 3.71. The third kappa shape index (κ3) is 2.87. The van der Waals surface area contributed by atoms with Crippen LogP contribution in [0.4, 0.5) is 4.39 Å². The van der Waals surface area contributed by atoms with E-state index in [1.165, 1.54) is 18.2 Å². The molecule has 0 N–H and O–H groups in total. The molecule has 0 amide bonds. The topological polar surface area (TPSA) is 52.3 Å². The SMILES string of the molecule is O=C(Oc1ccccc1-c1nc2ccccc2o1)c1ccccc1F. The van der Waals surface area contributed by atoms with Gasteiger partial charge in [0.2, 0.25) is 5.89 Å². The van der Waals surface area contributed by atoms with Crippen LogP contribution in [0.1, 0.15) is 10.4 Å². The number of aromatic nitrogens is 1. The zero-order valence-corrected chi connectivity index (χ0v) is 13.0. The Morgan fingerprint density at radius 3 is 2.48 bits per heavy atom. The second-order valence-corrected chi connectivity index (χ2v) is 5.35. The number of hydrogen-bond donors (Lipinski definition) is 0. The quantitative estimate of drug-likeness (QED) is 0.397. The first-order valence-corrected chi connectivity index (χ1v) is 7.64. The van der Waals surface area contributed by atoms with Gasteiger partial charge in [0.1, 0.15) is 17.1 Å². The molecule has 4 aromatic rings. The van der Waals surface area contributed by atoms with Crippen LogP contribution >= 0.6 is 0 Å². The molecule has 0 radical (unpaired) electrons. The van der Waals surface area contributed by atoms with Crippen molar-refractivity contribution in [1.29, 1.82) is 0 Å². The minimum Gasteiger partial charge on any atom is -0.436 e. The summed E-state index contributed by atoms with van der Waals surface area (Å²) in [4.78, 5) is 16.7. The smallest absolute Gasteiger partial charge is 0.346 e. The van der Waals surface area contributed by atoms with Crippen molar-refractivity contribution in [3.63, 3.8) is 0 Å². The average molecular weight is 333 g/mol. The van der Waals surface area contributed by atoms with E-state index in [0.29, 0.717) is 22.6 Å². The number of benzene rings is 3. The van der Waals surface area contributed by atoms with Crippen molar-refractivity contribution in [3.8, 4) is 17.2 Å². The van der Waals surface area contributed by atoms with Crippen LogP contribution in [0.3, 0.4) is 0 Å². The van der Waals surface area contributed by atoms with Gasteiger partial charge in [-0.15, -0.1) is 0 Å². The maximum Gasteiger partial charge on any atom is 0.346 e. The van der Waals surface area contributed by atoms with Gasteiger partial charge in [-0.05, 0) is 36.4 Å². The number of para-hydroxylation sites is 3. The van der Waals surface area contributed by atoms with Crippen LogP contribution < -0.4 is 4.74 Å². The fourth-order valence-corrected chi connectivity index (χ4v) is 2.50. The van der Waals surface area contributed by atoms with Crippen LogP contribution in [-0.4, -0.2) is 11.0 Å². The highest BCUT2D eigenvalue weighted by Crippen LogP contribution is 2.32. The summed E-state index contributed by atoms with van der Waals surface area (Å²) in [5.74, 6) is -0.825. The van der Waals surface area contributed by atoms with Crippen LogP contribution in [0, 0.1) is 5.82 Å². The molecule has 4 rings (SSSR count). The Hall–Kier alpha value is -3.47. The first-order valence-electron chi connectivity index (χ1n) is 7.64. The summed E-state index contributed by atoms with van der Waals surface area (Å²) in [5.41, 5.74) is 1.72. The first kappa shape index (κ1) is 15.1. The predicted molar refractivity (Wildman–Crippen MR) is 90.8 cm³/mol. The van der Waals surface area contributed by atoms with Gasteiger partial charge in [0.25, 0.3) is 0 Å². The normalized spacial score (nSPS) is 10.8. The lowest BCUT2D eigenvalue weighted by atomic mass is 10.2. The second kappa shape index (κ2) is 6.20. The van der Waals surface area contributed by atoms with Gasteiger partial charge in [0.05, 0.1) is 11.1 Å². The molecule has 0 saturated carbocycles. The number of carbonyl (C=O) groups is 1. The second-order valence-electron chi connectivity index (χ2n) is 5.35. The Kier molecular flexibility index (Phi) is 3.74. The van der Waals surface area contributed by atoms with E-state index in [4.69, 9.17) is 9.15 Å². The van der Waals surface area contributed by atoms with Crippen LogP contribution in [0.5, 0.6) is 5.75 Å². The number of rotatable bonds is 3. The molecule has 0 bridgehead atoms. The van der Waals surface area contributed by atoms with Crippen LogP contribution in [0.15, 0.2) is 77.2 Å². The lowest BCUT2D eigenvalue weighted by Crippen LogP contribution is -2.11. The highest BCUT2D eigenvalue weighted by atomic mass is 19.1. The molecule has 0 aliphatic heterocycles. The molecular formula is C20H12FNO3. The molecule has 0 atom stereocenters. The minimum atomic E-state index is -0.776. The van der Waals surface area contributed by atoms with Crippen LogP contribution in [0.2, 0.25) is 0 Å². The van der Waals surface area contributed by atoms with E-state index in [2.05, 4.69) is 4.98 Å². The van der Waals surface area contributed by atoms with Gasteiger partial charge >= 0.3 is 5.97 Å². The van der Waals surface area contributed by atoms with Crippen molar-refractivity contribution in [3.05, 3.63) is 84.2 Å². The molecule has 25 heavy (non-hydrogen) atoms. The molecule has 0 saturated heterocycles. The summed E-state index contributed by atoms with van der Waals surface area (Å²) in [5, 5.41) is 0. The van der Waals surface area contributed by atoms with E-state index >= 15 is 0 Å². The highest BCUT2D eigenvalue weighted by molar-refractivity contribution is 5.92. The molecule has 0 unspecified atom stereocenters. The maximum atomic E-state index is 13.8. The van der Waals surface area contributed by atoms with Crippen LogP contribution in [0.25, 0.3) is 22.6 Å². The maximum absolute atomic E-state index is 13.8. The predicted octanol–water partition coefficient (Wildman–Crippen LogP) is 4.85. The van der Waals surface area contributed by atoms with Gasteiger partial charge < -0.3 is 9.15 Å². The van der Waals surface area contributed by atoms with E-state index in [0.717, 1.165) is 0 Å². The summed E-state index contributed by atoms with van der Waals surface area (Å²) in [6, 6.07) is 19.9. The number of fused-ring (bicyclic) bond motifs is 1. The molecule has 4 nitrogen and oxygen atoms in total. The molecule has 3 aromatic carbocycles. The van der Waals surface area contributed by atoms with E-state index in [1.807, 2.05) is 18.2 Å². The summed E-state index contributed by atoms with van der Waals surface area (Å²) >= 11 is 0. The average Bonchev–Trinajstić information content (AvgIpc) is 3.06. The van der Waals surface area contributed by atoms with Crippen molar-refractivity contribution in [2.75, 3.05) is 0 Å². The van der Waals surface area contributed by atoms with Crippen molar-refractivity contribution in [1.82, 2.24) is 4.98 Å². The summed E-state index contributed by atoms with van der Waals surface area (Å²) < 4.78 is 24.9. The number of halogens is 1. The summed E-state index contributed by atoms with van der Waals surface area (Å²) in [6.45, 7) is 0. The van der Waals surface area contributed by atoms with Gasteiger partial charge in [-0.25, -0.2) is 14.2 Å². The Balaban J connectivity index is 1.72. The summed E-state index contributed by atoms with van der Waals surface area (Å²) in [6.07, 6.45) is 0. The molecule has 0 aliphatic rings. The highest BCUT2D eigenvalue weighted by Gasteiger charge is 2.18. The number of nitrogens with zero attached hydrogens (tertiary/aromatic N) is 1. The van der Waals surface area contributed by atoms with Crippen molar-refractivity contribution >= 4 is 17.1 Å². The van der Waals surface area contributed by atoms with Crippen LogP contribution in [-0.2, 0) is 0 Å². The zero-order valence-electron chi connectivity index (χ0n) is 13.0. The monoisotopic (exact) mass is 333 g/mol. The molecule has 5 heteroatoms. The van der Waals surface area contributed by atoms with Crippen molar-refractivity contribution in [2.24, 2.45) is 0 Å². The Bertz CT molecular complexity index is 1040.